The summed E-state index contributed by atoms with van der Waals surface area (Å²) in [4.78, 5) is 30.4. The van der Waals surface area contributed by atoms with Gasteiger partial charge >= 0.3 is 0 Å². The van der Waals surface area contributed by atoms with E-state index in [4.69, 9.17) is 16.7 Å². The standard InChI is InChI=1S/C27H27ClN4O2/c1-30(2)15-16-31(26(33)21-11-7-4-8-12-21)19-25-24-17-22(28)13-14-23(24)27(34)32(29-25)18-20-9-5-3-6-10-20/h3-14,17H,15-16,18-19H2,1-2H3. The second-order valence-electron chi connectivity index (χ2n) is 8.48. The van der Waals surface area contributed by atoms with E-state index in [1.807, 2.05) is 79.7 Å². The van der Waals surface area contributed by atoms with Crippen molar-refractivity contribution < 1.29 is 4.79 Å². The van der Waals surface area contributed by atoms with E-state index in [0.717, 1.165) is 5.56 Å². The first kappa shape index (κ1) is 23.7. The molecule has 4 rings (SSSR count). The molecule has 34 heavy (non-hydrogen) atoms. The van der Waals surface area contributed by atoms with Gasteiger partial charge in [-0.1, -0.05) is 60.1 Å². The molecule has 7 heteroatoms. The molecule has 0 saturated heterocycles. The van der Waals surface area contributed by atoms with Crippen LogP contribution in [0.4, 0.5) is 0 Å². The Morgan fingerprint density at radius 3 is 2.26 bits per heavy atom. The highest BCUT2D eigenvalue weighted by molar-refractivity contribution is 6.31. The molecule has 4 aromatic rings. The molecular formula is C27H27ClN4O2. The maximum absolute atomic E-state index is 13.4. The summed E-state index contributed by atoms with van der Waals surface area (Å²) < 4.78 is 1.47. The van der Waals surface area contributed by atoms with Crippen LogP contribution in [-0.2, 0) is 13.1 Å². The second-order valence-corrected chi connectivity index (χ2v) is 8.92. The lowest BCUT2D eigenvalue weighted by Crippen LogP contribution is -2.37. The molecule has 1 aromatic heterocycles. The molecule has 0 unspecified atom stereocenters. The zero-order valence-corrected chi connectivity index (χ0v) is 20.1. The highest BCUT2D eigenvalue weighted by Crippen LogP contribution is 2.21. The molecule has 1 amide bonds. The molecule has 0 aliphatic carbocycles. The average Bonchev–Trinajstić information content (AvgIpc) is 2.85. The Balaban J connectivity index is 1.78. The van der Waals surface area contributed by atoms with Crippen LogP contribution in [0.3, 0.4) is 0 Å². The summed E-state index contributed by atoms with van der Waals surface area (Å²) >= 11 is 6.29. The molecular weight excluding hydrogens is 448 g/mol. The molecule has 1 heterocycles. The summed E-state index contributed by atoms with van der Waals surface area (Å²) in [5.74, 6) is -0.0831. The molecule has 0 N–H and O–H groups in total. The van der Waals surface area contributed by atoms with Gasteiger partial charge in [-0.15, -0.1) is 0 Å². The number of aromatic nitrogens is 2. The minimum Gasteiger partial charge on any atom is -0.331 e. The van der Waals surface area contributed by atoms with Crippen molar-refractivity contribution in [2.24, 2.45) is 0 Å². The lowest BCUT2D eigenvalue weighted by Gasteiger charge is -2.25. The normalized spacial score (nSPS) is 11.2. The molecule has 0 radical (unpaired) electrons. The van der Waals surface area contributed by atoms with Gasteiger partial charge in [-0.3, -0.25) is 9.59 Å². The van der Waals surface area contributed by atoms with Gasteiger partial charge < -0.3 is 9.80 Å². The van der Waals surface area contributed by atoms with Gasteiger partial charge in [-0.2, -0.15) is 5.10 Å². The third-order valence-corrected chi connectivity index (χ3v) is 5.87. The molecule has 174 valence electrons. The van der Waals surface area contributed by atoms with Crippen molar-refractivity contribution in [3.8, 4) is 0 Å². The highest BCUT2D eigenvalue weighted by Gasteiger charge is 2.20. The van der Waals surface area contributed by atoms with Crippen LogP contribution in [0.2, 0.25) is 5.02 Å². The zero-order valence-electron chi connectivity index (χ0n) is 19.3. The minimum absolute atomic E-state index is 0.0831. The van der Waals surface area contributed by atoms with Crippen molar-refractivity contribution in [3.63, 3.8) is 0 Å². The molecule has 0 saturated carbocycles. The Hall–Kier alpha value is -3.48. The van der Waals surface area contributed by atoms with Crippen molar-refractivity contribution in [3.05, 3.63) is 111 Å². The molecule has 3 aromatic carbocycles. The maximum atomic E-state index is 13.4. The van der Waals surface area contributed by atoms with E-state index >= 15 is 0 Å². The third kappa shape index (κ3) is 5.53. The van der Waals surface area contributed by atoms with E-state index in [9.17, 15) is 9.59 Å². The number of rotatable bonds is 8. The number of carbonyl (C=O) groups excluding carboxylic acids is 1. The van der Waals surface area contributed by atoms with Crippen LogP contribution in [0.25, 0.3) is 10.8 Å². The Bertz CT molecular complexity index is 1340. The van der Waals surface area contributed by atoms with Crippen LogP contribution in [0.1, 0.15) is 21.6 Å². The SMILES string of the molecule is CN(C)CCN(Cc1nn(Cc2ccccc2)c(=O)c2ccc(Cl)cc12)C(=O)c1ccccc1. The molecule has 0 aliphatic heterocycles. The topological polar surface area (TPSA) is 58.4 Å². The fraction of sp³-hybridized carbons (Fsp3) is 0.222. The van der Waals surface area contributed by atoms with E-state index in [0.29, 0.717) is 46.7 Å². The molecule has 0 spiro atoms. The van der Waals surface area contributed by atoms with Gasteiger partial charge in [0.2, 0.25) is 0 Å². The van der Waals surface area contributed by atoms with Crippen molar-refractivity contribution >= 4 is 28.3 Å². The maximum Gasteiger partial charge on any atom is 0.274 e. The van der Waals surface area contributed by atoms with Gasteiger partial charge in [0.1, 0.15) is 0 Å². The number of carbonyl (C=O) groups is 1. The first-order chi connectivity index (χ1) is 16.4. The number of hydrogen-bond acceptors (Lipinski definition) is 4. The second kappa shape index (κ2) is 10.6. The van der Waals surface area contributed by atoms with Gasteiger partial charge in [-0.25, -0.2) is 4.68 Å². The van der Waals surface area contributed by atoms with E-state index in [1.54, 1.807) is 23.1 Å². The molecule has 0 aliphatic rings. The number of amides is 1. The monoisotopic (exact) mass is 474 g/mol. The number of nitrogens with zero attached hydrogens (tertiary/aromatic N) is 4. The summed E-state index contributed by atoms with van der Waals surface area (Å²) in [5.41, 5.74) is 2.03. The van der Waals surface area contributed by atoms with E-state index in [2.05, 4.69) is 0 Å². The highest BCUT2D eigenvalue weighted by atomic mass is 35.5. The number of benzene rings is 3. The van der Waals surface area contributed by atoms with Crippen LogP contribution in [0, 0.1) is 0 Å². The Morgan fingerprint density at radius 1 is 0.912 bits per heavy atom. The van der Waals surface area contributed by atoms with Crippen LogP contribution in [0.15, 0.2) is 83.7 Å². The zero-order chi connectivity index (χ0) is 24.1. The Kier molecular flexibility index (Phi) is 7.40. The van der Waals surface area contributed by atoms with Crippen molar-refractivity contribution in [1.82, 2.24) is 19.6 Å². The van der Waals surface area contributed by atoms with Gasteiger partial charge in [0.25, 0.3) is 11.5 Å². The Labute approximate surface area is 204 Å². The summed E-state index contributed by atoms with van der Waals surface area (Å²) in [7, 11) is 3.94. The first-order valence-corrected chi connectivity index (χ1v) is 11.5. The summed E-state index contributed by atoms with van der Waals surface area (Å²) in [6.07, 6.45) is 0. The number of hydrogen-bond donors (Lipinski definition) is 0. The van der Waals surface area contributed by atoms with E-state index in [1.165, 1.54) is 4.68 Å². The van der Waals surface area contributed by atoms with Crippen LogP contribution in [0.5, 0.6) is 0 Å². The summed E-state index contributed by atoms with van der Waals surface area (Å²) in [6, 6.07) is 24.1. The lowest BCUT2D eigenvalue weighted by molar-refractivity contribution is 0.0729. The van der Waals surface area contributed by atoms with E-state index < -0.39 is 0 Å². The molecule has 0 bridgehead atoms. The van der Waals surface area contributed by atoms with Crippen molar-refractivity contribution in [2.45, 2.75) is 13.1 Å². The van der Waals surface area contributed by atoms with Gasteiger partial charge in [0.15, 0.2) is 0 Å². The van der Waals surface area contributed by atoms with Gasteiger partial charge in [-0.05, 0) is 50.0 Å². The summed E-state index contributed by atoms with van der Waals surface area (Å²) in [5, 5.41) is 6.43. The fourth-order valence-corrected chi connectivity index (χ4v) is 4.00. The quantitative estimate of drug-likeness (QED) is 0.382. The molecule has 0 fully saturated rings. The van der Waals surface area contributed by atoms with Crippen LogP contribution in [-0.4, -0.2) is 52.7 Å². The summed E-state index contributed by atoms with van der Waals surface area (Å²) in [6.45, 7) is 1.81. The van der Waals surface area contributed by atoms with E-state index in [-0.39, 0.29) is 18.0 Å². The first-order valence-electron chi connectivity index (χ1n) is 11.1. The van der Waals surface area contributed by atoms with Gasteiger partial charge in [0.05, 0.1) is 24.2 Å². The third-order valence-electron chi connectivity index (χ3n) is 5.64. The lowest BCUT2D eigenvalue weighted by atomic mass is 10.1. The van der Waals surface area contributed by atoms with Crippen molar-refractivity contribution in [1.29, 1.82) is 0 Å². The molecule has 6 nitrogen and oxygen atoms in total. The number of likely N-dealkylation sites (N-methyl/N-ethyl adjacent to an activating group) is 1. The Morgan fingerprint density at radius 2 is 1.59 bits per heavy atom. The van der Waals surface area contributed by atoms with Crippen LogP contribution >= 0.6 is 11.6 Å². The smallest absolute Gasteiger partial charge is 0.274 e. The van der Waals surface area contributed by atoms with Crippen molar-refractivity contribution in [2.75, 3.05) is 27.2 Å². The largest absolute Gasteiger partial charge is 0.331 e. The minimum atomic E-state index is -0.187. The van der Waals surface area contributed by atoms with Gasteiger partial charge in [0, 0.05) is 29.1 Å². The predicted octanol–water partition coefficient (Wildman–Crippen LogP) is 4.30. The van der Waals surface area contributed by atoms with Crippen LogP contribution < -0.4 is 5.56 Å². The average molecular weight is 475 g/mol. The fourth-order valence-electron chi connectivity index (χ4n) is 3.82. The predicted molar refractivity (Wildman–Crippen MR) is 136 cm³/mol. The number of halogens is 1. The number of fused-ring (bicyclic) bond motifs is 1. The molecule has 0 atom stereocenters.